The van der Waals surface area contributed by atoms with Crippen molar-refractivity contribution < 1.29 is 9.26 Å². The van der Waals surface area contributed by atoms with E-state index in [4.69, 9.17) is 9.26 Å². The second-order valence-electron chi connectivity index (χ2n) is 6.68. The molecular formula is C18H26N4O2. The molecule has 2 aromatic rings. The number of rotatable bonds is 6. The maximum atomic E-state index is 5.44. The van der Waals surface area contributed by atoms with Crippen molar-refractivity contribution in [2.45, 2.75) is 20.4 Å². The molecule has 1 aromatic heterocycles. The van der Waals surface area contributed by atoms with E-state index in [2.05, 4.69) is 33.8 Å². The third-order valence-electron chi connectivity index (χ3n) is 4.26. The Morgan fingerprint density at radius 2 is 1.83 bits per heavy atom. The normalized spacial score (nSPS) is 16.7. The van der Waals surface area contributed by atoms with Crippen molar-refractivity contribution in [3.63, 3.8) is 0 Å². The molecule has 1 aliphatic heterocycles. The molecular weight excluding hydrogens is 304 g/mol. The van der Waals surface area contributed by atoms with Gasteiger partial charge in [-0.05, 0) is 18.1 Å². The van der Waals surface area contributed by atoms with Gasteiger partial charge in [-0.3, -0.25) is 4.90 Å². The Bertz CT molecular complexity index is 648. The number of benzene rings is 1. The average molecular weight is 330 g/mol. The van der Waals surface area contributed by atoms with E-state index in [1.54, 1.807) is 7.11 Å². The van der Waals surface area contributed by atoms with Crippen molar-refractivity contribution in [2.24, 2.45) is 5.92 Å². The Labute approximate surface area is 143 Å². The molecule has 1 fully saturated rings. The highest BCUT2D eigenvalue weighted by molar-refractivity contribution is 5.63. The number of hydrogen-bond acceptors (Lipinski definition) is 6. The van der Waals surface area contributed by atoms with Gasteiger partial charge in [-0.15, -0.1) is 0 Å². The summed E-state index contributed by atoms with van der Waals surface area (Å²) in [6.45, 7) is 10.7. The fraction of sp³-hybridized carbons (Fsp3) is 0.556. The summed E-state index contributed by atoms with van der Waals surface area (Å²) < 4.78 is 10.8. The van der Waals surface area contributed by atoms with Gasteiger partial charge in [0.15, 0.2) is 0 Å². The van der Waals surface area contributed by atoms with Gasteiger partial charge < -0.3 is 14.2 Å². The summed E-state index contributed by atoms with van der Waals surface area (Å²) in [5.74, 6) is 2.72. The van der Waals surface area contributed by atoms with Gasteiger partial charge in [-0.1, -0.05) is 31.1 Å². The van der Waals surface area contributed by atoms with Crippen molar-refractivity contribution in [1.29, 1.82) is 0 Å². The molecule has 1 aliphatic rings. The smallest absolute Gasteiger partial charge is 0.241 e. The van der Waals surface area contributed by atoms with Crippen LogP contribution >= 0.6 is 0 Å². The SMILES string of the molecule is COc1ccccc1-c1noc(CN2CCN(CC(C)C)CC2)n1. The molecule has 2 heterocycles. The van der Waals surface area contributed by atoms with Gasteiger partial charge in [-0.25, -0.2) is 0 Å². The lowest BCUT2D eigenvalue weighted by Crippen LogP contribution is -2.46. The van der Waals surface area contributed by atoms with Gasteiger partial charge in [0.1, 0.15) is 5.75 Å². The lowest BCUT2D eigenvalue weighted by atomic mass is 10.2. The maximum absolute atomic E-state index is 5.44. The standard InChI is InChI=1S/C18H26N4O2/c1-14(2)12-21-8-10-22(11-9-21)13-17-19-18(20-24-17)15-6-4-5-7-16(15)23-3/h4-7,14H,8-13H2,1-3H3. The van der Waals surface area contributed by atoms with Gasteiger partial charge >= 0.3 is 0 Å². The molecule has 0 bridgehead atoms. The van der Waals surface area contributed by atoms with E-state index in [0.29, 0.717) is 18.3 Å². The highest BCUT2D eigenvalue weighted by Gasteiger charge is 2.20. The minimum Gasteiger partial charge on any atom is -0.496 e. The molecule has 1 aromatic carbocycles. The number of methoxy groups -OCH3 is 1. The molecule has 6 heteroatoms. The van der Waals surface area contributed by atoms with Crippen molar-refractivity contribution in [3.05, 3.63) is 30.2 Å². The Hall–Kier alpha value is -1.92. The van der Waals surface area contributed by atoms with E-state index >= 15 is 0 Å². The van der Waals surface area contributed by atoms with Crippen LogP contribution < -0.4 is 4.74 Å². The van der Waals surface area contributed by atoms with Crippen LogP contribution in [0.4, 0.5) is 0 Å². The van der Waals surface area contributed by atoms with Crippen LogP contribution in [0.15, 0.2) is 28.8 Å². The predicted octanol–water partition coefficient (Wildman–Crippen LogP) is 2.52. The first-order chi connectivity index (χ1) is 11.7. The predicted molar refractivity (Wildman–Crippen MR) is 92.8 cm³/mol. The van der Waals surface area contributed by atoms with E-state index in [1.165, 1.54) is 6.54 Å². The highest BCUT2D eigenvalue weighted by Crippen LogP contribution is 2.27. The Kier molecular flexibility index (Phi) is 5.48. The van der Waals surface area contributed by atoms with E-state index in [1.807, 2.05) is 24.3 Å². The number of hydrogen-bond donors (Lipinski definition) is 0. The summed E-state index contributed by atoms with van der Waals surface area (Å²) in [5.41, 5.74) is 0.858. The second kappa shape index (κ2) is 7.77. The Balaban J connectivity index is 1.59. The van der Waals surface area contributed by atoms with Gasteiger partial charge in [0.2, 0.25) is 11.7 Å². The Morgan fingerprint density at radius 1 is 1.12 bits per heavy atom. The topological polar surface area (TPSA) is 54.6 Å². The van der Waals surface area contributed by atoms with Crippen LogP contribution in [0.5, 0.6) is 5.75 Å². The molecule has 6 nitrogen and oxygen atoms in total. The summed E-state index contributed by atoms with van der Waals surface area (Å²) in [6.07, 6.45) is 0. The van der Waals surface area contributed by atoms with Crippen LogP contribution in [0.3, 0.4) is 0 Å². The lowest BCUT2D eigenvalue weighted by molar-refractivity contribution is 0.108. The van der Waals surface area contributed by atoms with Crippen LogP contribution in [0.1, 0.15) is 19.7 Å². The number of aromatic nitrogens is 2. The molecule has 130 valence electrons. The molecule has 0 spiro atoms. The van der Waals surface area contributed by atoms with Crippen molar-refractivity contribution >= 4 is 0 Å². The largest absolute Gasteiger partial charge is 0.496 e. The average Bonchev–Trinajstić information content (AvgIpc) is 3.04. The molecule has 0 saturated carbocycles. The summed E-state index contributed by atoms with van der Waals surface area (Å²) in [7, 11) is 1.65. The second-order valence-corrected chi connectivity index (χ2v) is 6.68. The van der Waals surface area contributed by atoms with Gasteiger partial charge in [0.05, 0.1) is 19.2 Å². The first kappa shape index (κ1) is 16.9. The molecule has 0 N–H and O–H groups in total. The number of piperazine rings is 1. The van der Waals surface area contributed by atoms with Crippen LogP contribution in [-0.2, 0) is 6.54 Å². The number of nitrogens with zero attached hydrogens (tertiary/aromatic N) is 4. The van der Waals surface area contributed by atoms with Crippen LogP contribution in [-0.4, -0.2) is 59.8 Å². The summed E-state index contributed by atoms with van der Waals surface area (Å²) >= 11 is 0. The number of ether oxygens (including phenoxy) is 1. The van der Waals surface area contributed by atoms with Crippen molar-refractivity contribution in [2.75, 3.05) is 39.8 Å². The fourth-order valence-electron chi connectivity index (χ4n) is 3.10. The maximum Gasteiger partial charge on any atom is 0.241 e. The van der Waals surface area contributed by atoms with Crippen LogP contribution in [0.2, 0.25) is 0 Å². The van der Waals surface area contributed by atoms with Crippen molar-refractivity contribution in [3.8, 4) is 17.1 Å². The first-order valence-corrected chi connectivity index (χ1v) is 8.56. The van der Waals surface area contributed by atoms with E-state index in [-0.39, 0.29) is 0 Å². The highest BCUT2D eigenvalue weighted by atomic mass is 16.5. The minimum atomic E-state index is 0.584. The molecule has 24 heavy (non-hydrogen) atoms. The zero-order valence-corrected chi connectivity index (χ0v) is 14.7. The quantitative estimate of drug-likeness (QED) is 0.811. The first-order valence-electron chi connectivity index (χ1n) is 8.56. The lowest BCUT2D eigenvalue weighted by Gasteiger charge is -2.34. The van der Waals surface area contributed by atoms with Crippen LogP contribution in [0.25, 0.3) is 11.4 Å². The third kappa shape index (κ3) is 4.13. The Morgan fingerprint density at radius 3 is 2.54 bits per heavy atom. The van der Waals surface area contributed by atoms with E-state index in [9.17, 15) is 0 Å². The molecule has 1 saturated heterocycles. The van der Waals surface area contributed by atoms with E-state index < -0.39 is 0 Å². The zero-order chi connectivity index (χ0) is 16.9. The number of para-hydroxylation sites is 1. The monoisotopic (exact) mass is 330 g/mol. The molecule has 0 atom stereocenters. The van der Waals surface area contributed by atoms with Crippen molar-refractivity contribution in [1.82, 2.24) is 19.9 Å². The van der Waals surface area contributed by atoms with Gasteiger partial charge in [0.25, 0.3) is 0 Å². The molecule has 0 radical (unpaired) electrons. The third-order valence-corrected chi connectivity index (χ3v) is 4.26. The molecule has 0 aliphatic carbocycles. The van der Waals surface area contributed by atoms with Crippen LogP contribution in [0, 0.1) is 5.92 Å². The minimum absolute atomic E-state index is 0.584. The van der Waals surface area contributed by atoms with Gasteiger partial charge in [0, 0.05) is 32.7 Å². The fourth-order valence-corrected chi connectivity index (χ4v) is 3.10. The van der Waals surface area contributed by atoms with Gasteiger partial charge in [-0.2, -0.15) is 4.98 Å². The molecule has 3 rings (SSSR count). The molecule has 0 amide bonds. The summed E-state index contributed by atoms with van der Waals surface area (Å²) in [6, 6.07) is 7.72. The summed E-state index contributed by atoms with van der Waals surface area (Å²) in [4.78, 5) is 9.43. The van der Waals surface area contributed by atoms with E-state index in [0.717, 1.165) is 43.4 Å². The molecule has 0 unspecified atom stereocenters. The summed E-state index contributed by atoms with van der Waals surface area (Å²) in [5, 5.41) is 4.11. The zero-order valence-electron chi connectivity index (χ0n) is 14.7.